The van der Waals surface area contributed by atoms with E-state index in [0.717, 1.165) is 16.6 Å². The van der Waals surface area contributed by atoms with Gasteiger partial charge in [0.1, 0.15) is 5.69 Å². The summed E-state index contributed by atoms with van der Waals surface area (Å²) in [5.74, 6) is -1.05. The molecule has 0 N–H and O–H groups in total. The second-order valence-electron chi connectivity index (χ2n) is 7.66. The first-order valence-electron chi connectivity index (χ1n) is 10.5. The van der Waals surface area contributed by atoms with E-state index in [1.54, 1.807) is 27.6 Å². The third-order valence-corrected chi connectivity index (χ3v) is 5.76. The second-order valence-corrected chi connectivity index (χ2v) is 7.66. The molecule has 7 heteroatoms. The van der Waals surface area contributed by atoms with Crippen molar-refractivity contribution in [2.24, 2.45) is 0 Å². The van der Waals surface area contributed by atoms with E-state index in [9.17, 15) is 14.4 Å². The average molecular weight is 427 g/mol. The third-order valence-electron chi connectivity index (χ3n) is 5.76. The van der Waals surface area contributed by atoms with Gasteiger partial charge in [-0.1, -0.05) is 36.4 Å². The van der Waals surface area contributed by atoms with Crippen LogP contribution in [0.15, 0.2) is 83.6 Å². The molecule has 3 aromatic heterocycles. The van der Waals surface area contributed by atoms with E-state index in [4.69, 9.17) is 4.42 Å². The third kappa shape index (κ3) is 3.47. The molecule has 0 unspecified atom stereocenters. The zero-order valence-corrected chi connectivity index (χ0v) is 17.3. The molecule has 0 bridgehead atoms. The molecule has 0 spiro atoms. The molecule has 0 aliphatic carbocycles. The van der Waals surface area contributed by atoms with Gasteiger partial charge < -0.3 is 18.6 Å². The monoisotopic (exact) mass is 427 g/mol. The number of pyridine rings is 1. The molecule has 0 atom stereocenters. The number of amides is 2. The van der Waals surface area contributed by atoms with Crippen molar-refractivity contribution in [3.63, 3.8) is 0 Å². The van der Waals surface area contributed by atoms with Crippen molar-refractivity contribution >= 4 is 23.1 Å². The van der Waals surface area contributed by atoms with Crippen molar-refractivity contribution in [2.75, 3.05) is 26.2 Å². The maximum absolute atomic E-state index is 13.4. The molecule has 32 heavy (non-hydrogen) atoms. The Hall–Kier alpha value is -4.13. The summed E-state index contributed by atoms with van der Waals surface area (Å²) in [5, 5.41) is 0. The lowest BCUT2D eigenvalue weighted by atomic mass is 10.0. The Morgan fingerprint density at radius 3 is 2.22 bits per heavy atom. The SMILES string of the molecule is O=C(C(=O)N1CCN(C(=O)c2ccco2)CC1)c1c(-c2ccccc2)cc2ccccn12. The van der Waals surface area contributed by atoms with Crippen LogP contribution in [-0.2, 0) is 4.79 Å². The van der Waals surface area contributed by atoms with Crippen LogP contribution in [0.2, 0.25) is 0 Å². The summed E-state index contributed by atoms with van der Waals surface area (Å²) >= 11 is 0. The molecule has 1 aliphatic rings. The molecule has 0 saturated carbocycles. The largest absolute Gasteiger partial charge is 0.459 e. The Kier molecular flexibility index (Phi) is 5.07. The molecule has 5 rings (SSSR count). The molecule has 0 radical (unpaired) electrons. The van der Waals surface area contributed by atoms with Crippen LogP contribution in [0.4, 0.5) is 0 Å². The van der Waals surface area contributed by atoms with Gasteiger partial charge in [-0.3, -0.25) is 14.4 Å². The van der Waals surface area contributed by atoms with Crippen LogP contribution in [-0.4, -0.2) is 58.0 Å². The smallest absolute Gasteiger partial charge is 0.296 e. The number of hydrogen-bond donors (Lipinski definition) is 0. The van der Waals surface area contributed by atoms with E-state index in [2.05, 4.69) is 0 Å². The molecule has 1 fully saturated rings. The molecule has 1 aliphatic heterocycles. The van der Waals surface area contributed by atoms with E-state index in [-0.39, 0.29) is 11.7 Å². The molecule has 2 amide bonds. The number of aromatic nitrogens is 1. The molecule has 4 aromatic rings. The van der Waals surface area contributed by atoms with Gasteiger partial charge in [0.25, 0.3) is 17.6 Å². The van der Waals surface area contributed by atoms with Gasteiger partial charge in [0.15, 0.2) is 5.76 Å². The van der Waals surface area contributed by atoms with Gasteiger partial charge in [-0.15, -0.1) is 0 Å². The zero-order valence-electron chi connectivity index (χ0n) is 17.3. The van der Waals surface area contributed by atoms with Crippen molar-refractivity contribution < 1.29 is 18.8 Å². The van der Waals surface area contributed by atoms with Crippen LogP contribution < -0.4 is 0 Å². The predicted molar refractivity (Wildman–Crippen MR) is 118 cm³/mol. The van der Waals surface area contributed by atoms with Crippen molar-refractivity contribution in [3.05, 3.63) is 90.6 Å². The standard InChI is InChI=1S/C25H21N3O4/c29-23(25(31)27-14-12-26(13-15-27)24(30)21-10-6-16-32-21)22-20(18-7-2-1-3-8-18)17-19-9-4-5-11-28(19)22/h1-11,16-17H,12-15H2. The highest BCUT2D eigenvalue weighted by Crippen LogP contribution is 2.28. The van der Waals surface area contributed by atoms with Crippen LogP contribution in [0.25, 0.3) is 16.6 Å². The maximum Gasteiger partial charge on any atom is 0.296 e. The number of furan rings is 1. The van der Waals surface area contributed by atoms with Gasteiger partial charge >= 0.3 is 0 Å². The van der Waals surface area contributed by atoms with E-state index >= 15 is 0 Å². The van der Waals surface area contributed by atoms with Gasteiger partial charge in [0, 0.05) is 43.5 Å². The molecule has 1 saturated heterocycles. The molecule has 4 heterocycles. The first-order valence-corrected chi connectivity index (χ1v) is 10.5. The minimum absolute atomic E-state index is 0.211. The van der Waals surface area contributed by atoms with Crippen LogP contribution in [0.3, 0.4) is 0 Å². The van der Waals surface area contributed by atoms with Gasteiger partial charge in [-0.25, -0.2) is 0 Å². The number of piperazine rings is 1. The highest BCUT2D eigenvalue weighted by molar-refractivity contribution is 6.43. The van der Waals surface area contributed by atoms with Crippen molar-refractivity contribution in [2.45, 2.75) is 0 Å². The Labute approximate surface area is 184 Å². The minimum Gasteiger partial charge on any atom is -0.459 e. The fraction of sp³-hybridized carbons (Fsp3) is 0.160. The maximum atomic E-state index is 13.4. The Morgan fingerprint density at radius 1 is 0.781 bits per heavy atom. The van der Waals surface area contributed by atoms with Crippen molar-refractivity contribution in [3.8, 4) is 11.1 Å². The summed E-state index contributed by atoms with van der Waals surface area (Å²) in [6.45, 7) is 1.28. The second kappa shape index (κ2) is 8.19. The van der Waals surface area contributed by atoms with Crippen LogP contribution >= 0.6 is 0 Å². The fourth-order valence-electron chi connectivity index (χ4n) is 4.11. The normalized spacial score (nSPS) is 14.0. The molecular weight excluding hydrogens is 406 g/mol. The number of hydrogen-bond acceptors (Lipinski definition) is 4. The highest BCUT2D eigenvalue weighted by Gasteiger charge is 2.32. The molecule has 7 nitrogen and oxygen atoms in total. The van der Waals surface area contributed by atoms with E-state index in [1.165, 1.54) is 11.2 Å². The summed E-state index contributed by atoms with van der Waals surface area (Å²) in [6.07, 6.45) is 3.25. The summed E-state index contributed by atoms with van der Waals surface area (Å²) in [5.41, 5.74) is 2.80. The minimum atomic E-state index is -0.559. The zero-order chi connectivity index (χ0) is 22.1. The van der Waals surface area contributed by atoms with Crippen molar-refractivity contribution in [1.29, 1.82) is 0 Å². The first-order chi connectivity index (χ1) is 15.6. The molecular formula is C25H21N3O4. The lowest BCUT2D eigenvalue weighted by Gasteiger charge is -2.34. The highest BCUT2D eigenvalue weighted by atomic mass is 16.3. The van der Waals surface area contributed by atoms with E-state index < -0.39 is 11.7 Å². The number of fused-ring (bicyclic) bond motifs is 1. The number of ketones is 1. The summed E-state index contributed by atoms with van der Waals surface area (Å²) < 4.78 is 6.94. The van der Waals surface area contributed by atoms with Gasteiger partial charge in [0.05, 0.1) is 6.26 Å². The van der Waals surface area contributed by atoms with E-state index in [0.29, 0.717) is 31.9 Å². The number of Topliss-reactive ketones (excluding diaryl/α,β-unsaturated/α-hetero) is 1. The lowest BCUT2D eigenvalue weighted by molar-refractivity contribution is -0.127. The average Bonchev–Trinajstić information content (AvgIpc) is 3.52. The van der Waals surface area contributed by atoms with Gasteiger partial charge in [0.2, 0.25) is 0 Å². The number of benzene rings is 1. The summed E-state index contributed by atoms with van der Waals surface area (Å²) in [7, 11) is 0. The topological polar surface area (TPSA) is 75.2 Å². The fourth-order valence-corrected chi connectivity index (χ4v) is 4.11. The number of rotatable bonds is 4. The quantitative estimate of drug-likeness (QED) is 0.370. The number of carbonyl (C=O) groups is 3. The molecule has 160 valence electrons. The first kappa shape index (κ1) is 19.8. The summed E-state index contributed by atoms with van der Waals surface area (Å²) in [6, 6.07) is 20.4. The van der Waals surface area contributed by atoms with Crippen LogP contribution in [0, 0.1) is 0 Å². The number of nitrogens with zero attached hydrogens (tertiary/aromatic N) is 3. The van der Waals surface area contributed by atoms with Crippen LogP contribution in [0.5, 0.6) is 0 Å². The number of carbonyl (C=O) groups excluding carboxylic acids is 3. The van der Waals surface area contributed by atoms with Gasteiger partial charge in [-0.05, 0) is 35.9 Å². The van der Waals surface area contributed by atoms with Gasteiger partial charge in [-0.2, -0.15) is 0 Å². The molecule has 1 aromatic carbocycles. The Bertz CT molecular complexity index is 1280. The predicted octanol–water partition coefficient (Wildman–Crippen LogP) is 3.37. The lowest BCUT2D eigenvalue weighted by Crippen LogP contribution is -2.52. The Balaban J connectivity index is 1.39. The summed E-state index contributed by atoms with van der Waals surface area (Å²) in [4.78, 5) is 42.2. The Morgan fingerprint density at radius 2 is 1.50 bits per heavy atom. The van der Waals surface area contributed by atoms with Crippen LogP contribution in [0.1, 0.15) is 21.0 Å². The van der Waals surface area contributed by atoms with E-state index in [1.807, 2.05) is 54.6 Å². The van der Waals surface area contributed by atoms with Crippen molar-refractivity contribution in [1.82, 2.24) is 14.2 Å².